The molecule has 1 heterocycles. The summed E-state index contributed by atoms with van der Waals surface area (Å²) in [5.74, 6) is 0.175. The van der Waals surface area contributed by atoms with Gasteiger partial charge in [-0.1, -0.05) is 30.3 Å². The molecule has 0 saturated heterocycles. The normalized spacial score (nSPS) is 10.9. The fourth-order valence-corrected chi connectivity index (χ4v) is 3.35. The lowest BCUT2D eigenvalue weighted by Gasteiger charge is -2.27. The van der Waals surface area contributed by atoms with E-state index in [2.05, 4.69) is 23.2 Å². The maximum Gasteiger partial charge on any atom is 0.223 e. The molecule has 0 unspecified atom stereocenters. The number of amides is 1. The summed E-state index contributed by atoms with van der Waals surface area (Å²) in [4.78, 5) is 18.0. The molecule has 3 aromatic rings. The molecule has 0 radical (unpaired) electrons. The Kier molecular flexibility index (Phi) is 5.93. The van der Waals surface area contributed by atoms with Crippen molar-refractivity contribution >= 4 is 16.8 Å². The van der Waals surface area contributed by atoms with E-state index in [-0.39, 0.29) is 11.9 Å². The summed E-state index contributed by atoms with van der Waals surface area (Å²) in [6, 6.07) is 18.0. The predicted octanol–water partition coefficient (Wildman–Crippen LogP) is 4.80. The summed E-state index contributed by atoms with van der Waals surface area (Å²) < 4.78 is 0. The number of para-hydroxylation sites is 1. The Hall–Kier alpha value is -3.06. The Morgan fingerprint density at radius 1 is 1.15 bits per heavy atom. The van der Waals surface area contributed by atoms with Crippen molar-refractivity contribution in [2.45, 2.75) is 45.7 Å². The van der Waals surface area contributed by atoms with Crippen LogP contribution in [0.25, 0.3) is 10.9 Å². The van der Waals surface area contributed by atoms with Crippen molar-refractivity contribution in [1.29, 1.82) is 5.26 Å². The van der Waals surface area contributed by atoms with Crippen LogP contribution >= 0.6 is 0 Å². The molecule has 0 aliphatic carbocycles. The van der Waals surface area contributed by atoms with Crippen molar-refractivity contribution in [3.8, 4) is 6.07 Å². The smallest absolute Gasteiger partial charge is 0.223 e. The quantitative estimate of drug-likeness (QED) is 0.659. The number of hydrogen-bond acceptors (Lipinski definition) is 2. The zero-order valence-electron chi connectivity index (χ0n) is 15.9. The summed E-state index contributed by atoms with van der Waals surface area (Å²) in [7, 11) is 0. The molecule has 4 heteroatoms. The number of H-pyrrole nitrogens is 1. The van der Waals surface area contributed by atoms with Crippen LogP contribution in [-0.4, -0.2) is 21.8 Å². The molecule has 1 amide bonds. The van der Waals surface area contributed by atoms with Crippen LogP contribution in [0.5, 0.6) is 0 Å². The molecule has 0 saturated carbocycles. The summed E-state index contributed by atoms with van der Waals surface area (Å²) in [5.41, 5.74) is 4.10. The second-order valence-corrected chi connectivity index (χ2v) is 7.14. The number of carbonyl (C=O) groups is 1. The molecule has 27 heavy (non-hydrogen) atoms. The third-order valence-electron chi connectivity index (χ3n) is 4.89. The number of fused-ring (bicyclic) bond motifs is 1. The topological polar surface area (TPSA) is 59.9 Å². The van der Waals surface area contributed by atoms with Crippen LogP contribution in [0.15, 0.2) is 54.7 Å². The molecule has 138 valence electrons. The molecule has 0 bridgehead atoms. The largest absolute Gasteiger partial charge is 0.361 e. The van der Waals surface area contributed by atoms with E-state index in [0.717, 1.165) is 23.9 Å². The second-order valence-electron chi connectivity index (χ2n) is 7.14. The summed E-state index contributed by atoms with van der Waals surface area (Å²) in [5, 5.41) is 10.2. The van der Waals surface area contributed by atoms with E-state index < -0.39 is 0 Å². The van der Waals surface area contributed by atoms with Crippen LogP contribution in [0.1, 0.15) is 43.4 Å². The lowest BCUT2D eigenvalue weighted by Crippen LogP contribution is -2.36. The predicted molar refractivity (Wildman–Crippen MR) is 108 cm³/mol. The summed E-state index contributed by atoms with van der Waals surface area (Å²) in [6.07, 6.45) is 4.30. The summed E-state index contributed by atoms with van der Waals surface area (Å²) >= 11 is 0. The van der Waals surface area contributed by atoms with Gasteiger partial charge < -0.3 is 9.88 Å². The number of nitriles is 1. The van der Waals surface area contributed by atoms with E-state index in [4.69, 9.17) is 5.26 Å². The van der Waals surface area contributed by atoms with Gasteiger partial charge in [-0.25, -0.2) is 0 Å². The van der Waals surface area contributed by atoms with Gasteiger partial charge in [0.15, 0.2) is 0 Å². The SMILES string of the molecule is CC(C)N(Cc1ccc(C#N)cc1)C(=O)CCCc1c[nH]c2ccccc12. The van der Waals surface area contributed by atoms with Crippen molar-refractivity contribution in [2.75, 3.05) is 0 Å². The van der Waals surface area contributed by atoms with Crippen molar-refractivity contribution in [3.05, 3.63) is 71.4 Å². The lowest BCUT2D eigenvalue weighted by molar-refractivity contribution is -0.133. The first-order valence-corrected chi connectivity index (χ1v) is 9.42. The highest BCUT2D eigenvalue weighted by molar-refractivity contribution is 5.83. The van der Waals surface area contributed by atoms with Gasteiger partial charge in [0.1, 0.15) is 0 Å². The average molecular weight is 359 g/mol. The van der Waals surface area contributed by atoms with Crippen molar-refractivity contribution < 1.29 is 4.79 Å². The van der Waals surface area contributed by atoms with E-state index >= 15 is 0 Å². The Morgan fingerprint density at radius 2 is 1.89 bits per heavy atom. The fraction of sp³-hybridized carbons (Fsp3) is 0.304. The molecule has 0 spiro atoms. The van der Waals surface area contributed by atoms with Crippen LogP contribution in [0, 0.1) is 11.3 Å². The van der Waals surface area contributed by atoms with E-state index in [0.29, 0.717) is 18.5 Å². The number of carbonyl (C=O) groups excluding carboxylic acids is 1. The van der Waals surface area contributed by atoms with Crippen LogP contribution in [0.2, 0.25) is 0 Å². The van der Waals surface area contributed by atoms with Gasteiger partial charge in [-0.2, -0.15) is 5.26 Å². The monoisotopic (exact) mass is 359 g/mol. The number of nitrogens with one attached hydrogen (secondary N) is 1. The highest BCUT2D eigenvalue weighted by atomic mass is 16.2. The molecular weight excluding hydrogens is 334 g/mol. The van der Waals surface area contributed by atoms with Gasteiger partial charge in [0.05, 0.1) is 11.6 Å². The van der Waals surface area contributed by atoms with E-state index in [1.54, 1.807) is 12.1 Å². The maximum atomic E-state index is 12.8. The number of aromatic nitrogens is 1. The van der Waals surface area contributed by atoms with Gasteiger partial charge >= 0.3 is 0 Å². The first-order valence-electron chi connectivity index (χ1n) is 9.42. The molecule has 0 fully saturated rings. The van der Waals surface area contributed by atoms with Crippen molar-refractivity contribution in [3.63, 3.8) is 0 Å². The van der Waals surface area contributed by atoms with Crippen LogP contribution in [0.4, 0.5) is 0 Å². The molecule has 4 nitrogen and oxygen atoms in total. The number of aryl methyl sites for hydroxylation is 1. The minimum Gasteiger partial charge on any atom is -0.361 e. The average Bonchev–Trinajstić information content (AvgIpc) is 3.09. The van der Waals surface area contributed by atoms with E-state index in [9.17, 15) is 4.79 Å². The molecule has 2 aromatic carbocycles. The number of hydrogen-bond donors (Lipinski definition) is 1. The van der Waals surface area contributed by atoms with Crippen molar-refractivity contribution in [2.24, 2.45) is 0 Å². The van der Waals surface area contributed by atoms with Crippen LogP contribution in [-0.2, 0) is 17.8 Å². The number of rotatable bonds is 7. The van der Waals surface area contributed by atoms with E-state index in [1.807, 2.05) is 49.2 Å². The number of aromatic amines is 1. The zero-order valence-corrected chi connectivity index (χ0v) is 15.9. The standard InChI is InChI=1S/C23H25N3O/c1-17(2)26(16-19-12-10-18(14-24)11-13-19)23(27)9-5-6-20-15-25-22-8-4-3-7-21(20)22/h3-4,7-8,10-13,15,17,25H,5-6,9,16H2,1-2H3. The Labute approximate surface area is 160 Å². The van der Waals surface area contributed by atoms with Gasteiger partial charge in [0, 0.05) is 36.1 Å². The lowest BCUT2D eigenvalue weighted by atomic mass is 10.1. The van der Waals surface area contributed by atoms with Crippen LogP contribution < -0.4 is 0 Å². The van der Waals surface area contributed by atoms with Gasteiger partial charge in [-0.15, -0.1) is 0 Å². The van der Waals surface area contributed by atoms with Gasteiger partial charge in [-0.3, -0.25) is 4.79 Å². The fourth-order valence-electron chi connectivity index (χ4n) is 3.35. The molecule has 0 atom stereocenters. The minimum atomic E-state index is 0.140. The Balaban J connectivity index is 1.59. The highest BCUT2D eigenvalue weighted by Gasteiger charge is 2.17. The summed E-state index contributed by atoms with van der Waals surface area (Å²) in [6.45, 7) is 4.66. The maximum absolute atomic E-state index is 12.8. The number of nitrogens with zero attached hydrogens (tertiary/aromatic N) is 2. The molecule has 0 aliphatic heterocycles. The van der Waals surface area contributed by atoms with Crippen LogP contribution in [0.3, 0.4) is 0 Å². The second kappa shape index (κ2) is 8.55. The number of benzene rings is 2. The first kappa shape index (κ1) is 18.7. The highest BCUT2D eigenvalue weighted by Crippen LogP contribution is 2.20. The molecule has 1 aromatic heterocycles. The molecular formula is C23H25N3O. The minimum absolute atomic E-state index is 0.140. The van der Waals surface area contributed by atoms with E-state index in [1.165, 1.54) is 10.9 Å². The van der Waals surface area contributed by atoms with Gasteiger partial charge in [0.25, 0.3) is 0 Å². The third-order valence-corrected chi connectivity index (χ3v) is 4.89. The van der Waals surface area contributed by atoms with Crippen molar-refractivity contribution in [1.82, 2.24) is 9.88 Å². The molecule has 1 N–H and O–H groups in total. The van der Waals surface area contributed by atoms with Gasteiger partial charge in [0.2, 0.25) is 5.91 Å². The zero-order chi connectivity index (χ0) is 19.2. The third kappa shape index (κ3) is 4.57. The first-order chi connectivity index (χ1) is 13.1. The Bertz CT molecular complexity index is 948. The van der Waals surface area contributed by atoms with Gasteiger partial charge in [-0.05, 0) is 56.0 Å². The molecule has 0 aliphatic rings. The molecule has 3 rings (SSSR count). The Morgan fingerprint density at radius 3 is 2.59 bits per heavy atom.